The van der Waals surface area contributed by atoms with E-state index in [1.54, 1.807) is 0 Å². The fourth-order valence-electron chi connectivity index (χ4n) is 2.25. The summed E-state index contributed by atoms with van der Waals surface area (Å²) in [5.41, 5.74) is 2.32. The fraction of sp³-hybridized carbons (Fsp3) is 0.667. The normalized spacial score (nSPS) is 12.8. The second-order valence-corrected chi connectivity index (χ2v) is 6.03. The van der Waals surface area contributed by atoms with Crippen molar-refractivity contribution < 1.29 is 9.84 Å². The first-order valence-corrected chi connectivity index (χ1v) is 8.18. The molecular weight excluding hydrogens is 262 g/mol. The quantitative estimate of drug-likeness (QED) is 0.615. The van der Waals surface area contributed by atoms with Gasteiger partial charge >= 0.3 is 0 Å². The molecule has 0 saturated heterocycles. The second kappa shape index (κ2) is 10.8. The largest absolute Gasteiger partial charge is 0.387 e. The van der Waals surface area contributed by atoms with Gasteiger partial charge in [-0.25, -0.2) is 0 Å². The third kappa shape index (κ3) is 8.20. The Balaban J connectivity index is 2.21. The lowest BCUT2D eigenvalue weighted by Gasteiger charge is -2.13. The van der Waals surface area contributed by atoms with E-state index in [2.05, 4.69) is 38.2 Å². The number of aliphatic hydroxyl groups excluding tert-OH is 1. The predicted octanol–water partition coefficient (Wildman–Crippen LogP) is 3.32. The number of hydrogen-bond acceptors (Lipinski definition) is 3. The summed E-state index contributed by atoms with van der Waals surface area (Å²) in [6.45, 7) is 9.66. The maximum Gasteiger partial charge on any atom is 0.0914 e. The van der Waals surface area contributed by atoms with Crippen LogP contribution in [-0.2, 0) is 11.2 Å². The Kier molecular flexibility index (Phi) is 9.31. The third-order valence-corrected chi connectivity index (χ3v) is 3.34. The van der Waals surface area contributed by atoms with Crippen LogP contribution in [0.1, 0.15) is 50.8 Å². The molecule has 0 fully saturated rings. The predicted molar refractivity (Wildman–Crippen MR) is 88.5 cm³/mol. The van der Waals surface area contributed by atoms with Crippen LogP contribution in [0.4, 0.5) is 0 Å². The van der Waals surface area contributed by atoms with Gasteiger partial charge in [0.2, 0.25) is 0 Å². The van der Waals surface area contributed by atoms with Gasteiger partial charge in [0, 0.05) is 19.8 Å². The van der Waals surface area contributed by atoms with Gasteiger partial charge in [-0.3, -0.25) is 0 Å². The summed E-state index contributed by atoms with van der Waals surface area (Å²) >= 11 is 0. The molecule has 3 nitrogen and oxygen atoms in total. The summed E-state index contributed by atoms with van der Waals surface area (Å²) in [4.78, 5) is 0. The highest BCUT2D eigenvalue weighted by atomic mass is 16.5. The molecule has 0 amide bonds. The van der Waals surface area contributed by atoms with E-state index in [1.165, 1.54) is 5.56 Å². The molecular formula is C18H31NO2. The zero-order chi connectivity index (χ0) is 15.5. The van der Waals surface area contributed by atoms with E-state index in [0.717, 1.165) is 44.6 Å². The van der Waals surface area contributed by atoms with Crippen molar-refractivity contribution >= 4 is 0 Å². The van der Waals surface area contributed by atoms with E-state index >= 15 is 0 Å². The molecule has 0 spiro atoms. The van der Waals surface area contributed by atoms with E-state index in [1.807, 2.05) is 12.1 Å². The van der Waals surface area contributed by atoms with Crippen molar-refractivity contribution in [3.8, 4) is 0 Å². The van der Waals surface area contributed by atoms with Gasteiger partial charge in [0.05, 0.1) is 6.10 Å². The van der Waals surface area contributed by atoms with Crippen LogP contribution in [-0.4, -0.2) is 31.4 Å². The lowest BCUT2D eigenvalue weighted by molar-refractivity contribution is 0.129. The van der Waals surface area contributed by atoms with Gasteiger partial charge in [-0.15, -0.1) is 0 Å². The van der Waals surface area contributed by atoms with Gasteiger partial charge in [0.1, 0.15) is 0 Å². The van der Waals surface area contributed by atoms with Gasteiger partial charge in [0.25, 0.3) is 0 Å². The molecule has 21 heavy (non-hydrogen) atoms. The maximum absolute atomic E-state index is 10.1. The molecule has 0 aliphatic heterocycles. The Morgan fingerprint density at radius 1 is 1.14 bits per heavy atom. The summed E-state index contributed by atoms with van der Waals surface area (Å²) in [5.74, 6) is 0.664. The van der Waals surface area contributed by atoms with Crippen molar-refractivity contribution in [3.05, 3.63) is 35.4 Å². The molecule has 2 N–H and O–H groups in total. The highest BCUT2D eigenvalue weighted by Gasteiger charge is 2.07. The van der Waals surface area contributed by atoms with Crippen LogP contribution in [0.15, 0.2) is 24.3 Å². The van der Waals surface area contributed by atoms with Crippen molar-refractivity contribution in [3.63, 3.8) is 0 Å². The van der Waals surface area contributed by atoms with Crippen LogP contribution in [0, 0.1) is 5.92 Å². The minimum absolute atomic E-state index is 0.435. The van der Waals surface area contributed by atoms with E-state index in [9.17, 15) is 5.11 Å². The smallest absolute Gasteiger partial charge is 0.0914 e. The minimum atomic E-state index is -0.435. The molecule has 3 heteroatoms. The van der Waals surface area contributed by atoms with Gasteiger partial charge in [0.15, 0.2) is 0 Å². The Morgan fingerprint density at radius 3 is 2.48 bits per heavy atom. The maximum atomic E-state index is 10.1. The molecule has 0 bridgehead atoms. The van der Waals surface area contributed by atoms with E-state index < -0.39 is 6.10 Å². The highest BCUT2D eigenvalue weighted by molar-refractivity contribution is 5.24. The lowest BCUT2D eigenvalue weighted by Crippen LogP contribution is -2.23. The van der Waals surface area contributed by atoms with Crippen LogP contribution in [0.25, 0.3) is 0 Å². The van der Waals surface area contributed by atoms with E-state index in [4.69, 9.17) is 4.74 Å². The topological polar surface area (TPSA) is 41.5 Å². The molecule has 1 unspecified atom stereocenters. The molecule has 0 radical (unpaired) electrons. The number of benzene rings is 1. The van der Waals surface area contributed by atoms with Crippen LogP contribution >= 0.6 is 0 Å². The Labute approximate surface area is 129 Å². The summed E-state index contributed by atoms with van der Waals surface area (Å²) in [5, 5.41) is 13.4. The number of rotatable bonds is 11. The van der Waals surface area contributed by atoms with Crippen molar-refractivity contribution in [2.75, 3.05) is 26.3 Å². The zero-order valence-electron chi connectivity index (χ0n) is 13.8. The standard InChI is InChI=1S/C18H31NO2/c1-4-11-21-12-5-10-19-14-18(20)17-8-6-16(7-9-17)13-15(2)3/h6-9,15,18-20H,4-5,10-14H2,1-3H3. The van der Waals surface area contributed by atoms with Gasteiger partial charge in [-0.2, -0.15) is 0 Å². The SMILES string of the molecule is CCCOCCCNCC(O)c1ccc(CC(C)C)cc1. The molecule has 120 valence electrons. The summed E-state index contributed by atoms with van der Waals surface area (Å²) in [6, 6.07) is 8.32. The lowest BCUT2D eigenvalue weighted by atomic mass is 10.0. The number of hydrogen-bond donors (Lipinski definition) is 2. The van der Waals surface area contributed by atoms with Crippen molar-refractivity contribution in [1.29, 1.82) is 0 Å². The highest BCUT2D eigenvalue weighted by Crippen LogP contribution is 2.15. The monoisotopic (exact) mass is 293 g/mol. The minimum Gasteiger partial charge on any atom is -0.387 e. The molecule has 1 aromatic carbocycles. The third-order valence-electron chi connectivity index (χ3n) is 3.34. The van der Waals surface area contributed by atoms with E-state index in [0.29, 0.717) is 12.5 Å². The Hall–Kier alpha value is -0.900. The Morgan fingerprint density at radius 2 is 1.86 bits per heavy atom. The molecule has 0 saturated carbocycles. The van der Waals surface area contributed by atoms with Crippen LogP contribution in [0.5, 0.6) is 0 Å². The number of aliphatic hydroxyl groups is 1. The molecule has 0 aromatic heterocycles. The molecule has 0 aliphatic carbocycles. The van der Waals surface area contributed by atoms with Gasteiger partial charge in [-0.1, -0.05) is 45.0 Å². The van der Waals surface area contributed by atoms with Gasteiger partial charge < -0.3 is 15.2 Å². The number of nitrogens with one attached hydrogen (secondary N) is 1. The first-order chi connectivity index (χ1) is 10.1. The molecule has 1 rings (SSSR count). The zero-order valence-corrected chi connectivity index (χ0v) is 13.8. The first kappa shape index (κ1) is 18.1. The average molecular weight is 293 g/mol. The van der Waals surface area contributed by atoms with Crippen molar-refractivity contribution in [2.45, 2.75) is 46.1 Å². The molecule has 0 heterocycles. The van der Waals surface area contributed by atoms with Crippen LogP contribution in [0.2, 0.25) is 0 Å². The van der Waals surface area contributed by atoms with Crippen LogP contribution in [0.3, 0.4) is 0 Å². The van der Waals surface area contributed by atoms with Crippen LogP contribution < -0.4 is 5.32 Å². The first-order valence-electron chi connectivity index (χ1n) is 8.18. The average Bonchev–Trinajstić information content (AvgIpc) is 2.46. The van der Waals surface area contributed by atoms with Gasteiger partial charge in [-0.05, 0) is 42.9 Å². The second-order valence-electron chi connectivity index (χ2n) is 6.03. The summed E-state index contributed by atoms with van der Waals surface area (Å²) in [6.07, 6.45) is 2.71. The summed E-state index contributed by atoms with van der Waals surface area (Å²) in [7, 11) is 0. The van der Waals surface area contributed by atoms with Crippen molar-refractivity contribution in [1.82, 2.24) is 5.32 Å². The van der Waals surface area contributed by atoms with E-state index in [-0.39, 0.29) is 0 Å². The molecule has 1 aromatic rings. The fourth-order valence-corrected chi connectivity index (χ4v) is 2.25. The molecule has 1 atom stereocenters. The molecule has 0 aliphatic rings. The Bertz CT molecular complexity index is 362. The van der Waals surface area contributed by atoms with Crippen molar-refractivity contribution in [2.24, 2.45) is 5.92 Å². The summed E-state index contributed by atoms with van der Waals surface area (Å²) < 4.78 is 5.42. The number of ether oxygens (including phenoxy) is 1.